The van der Waals surface area contributed by atoms with Crippen LogP contribution >= 0.6 is 0 Å². The zero-order chi connectivity index (χ0) is 22.8. The molecule has 0 aliphatic carbocycles. The van der Waals surface area contributed by atoms with Crippen LogP contribution in [0, 0.1) is 0 Å². The van der Waals surface area contributed by atoms with Crippen molar-refractivity contribution in [3.63, 3.8) is 0 Å². The molecular formula is C26H27NO4S. The lowest BCUT2D eigenvalue weighted by Crippen LogP contribution is -2.16. The molecule has 6 heteroatoms. The second kappa shape index (κ2) is 11.4. The van der Waals surface area contributed by atoms with Crippen LogP contribution in [0.1, 0.15) is 49.4 Å². The third kappa shape index (κ3) is 6.14. The molecule has 0 saturated heterocycles. The van der Waals surface area contributed by atoms with Gasteiger partial charge in [0.25, 0.3) is 0 Å². The summed E-state index contributed by atoms with van der Waals surface area (Å²) < 4.78 is 25.6. The summed E-state index contributed by atoms with van der Waals surface area (Å²) in [4.78, 5) is 18.9. The van der Waals surface area contributed by atoms with Crippen LogP contribution in [0.15, 0.2) is 99.9 Å². The first-order chi connectivity index (χ1) is 15.5. The topological polar surface area (TPSA) is 72.8 Å². The lowest BCUT2D eigenvalue weighted by molar-refractivity contribution is 0.106. The molecular weight excluding hydrogens is 422 g/mol. The summed E-state index contributed by atoms with van der Waals surface area (Å²) in [5.41, 5.74) is 0.700. The number of ketones is 1. The first-order valence-corrected chi connectivity index (χ1v) is 12.2. The number of carbonyl (C=O) groups excluding carboxylic acids is 1. The molecule has 0 fully saturated rings. The van der Waals surface area contributed by atoms with Gasteiger partial charge in [-0.25, -0.2) is 8.42 Å². The maximum absolute atomic E-state index is 13.1. The van der Waals surface area contributed by atoms with Crippen molar-refractivity contribution in [1.82, 2.24) is 0 Å². The van der Waals surface area contributed by atoms with Gasteiger partial charge < -0.3 is 4.84 Å². The molecule has 0 spiro atoms. The SMILES string of the molecule is CCCCCCC(=NOc1ccccc1)C(=O)c1ccc(S(=O)(=O)c2ccccc2)cc1. The number of Topliss-reactive ketones (excluding diaryl/α,β-unsaturated/α-hetero) is 1. The molecule has 3 rings (SSSR count). The zero-order valence-corrected chi connectivity index (χ0v) is 18.9. The second-order valence-corrected chi connectivity index (χ2v) is 9.37. The van der Waals surface area contributed by atoms with Crippen LogP contribution in [-0.2, 0) is 9.84 Å². The predicted octanol–water partition coefficient (Wildman–Crippen LogP) is 6.11. The minimum Gasteiger partial charge on any atom is -0.357 e. The van der Waals surface area contributed by atoms with E-state index in [9.17, 15) is 13.2 Å². The monoisotopic (exact) mass is 449 g/mol. The Morgan fingerprint density at radius 3 is 2.00 bits per heavy atom. The Kier molecular flexibility index (Phi) is 8.34. The molecule has 0 radical (unpaired) electrons. The highest BCUT2D eigenvalue weighted by Gasteiger charge is 2.20. The maximum Gasteiger partial charge on any atom is 0.210 e. The largest absolute Gasteiger partial charge is 0.357 e. The Morgan fingerprint density at radius 1 is 0.781 bits per heavy atom. The van der Waals surface area contributed by atoms with Crippen LogP contribution in [0.25, 0.3) is 0 Å². The van der Waals surface area contributed by atoms with Crippen LogP contribution < -0.4 is 4.84 Å². The van der Waals surface area contributed by atoms with Gasteiger partial charge in [-0.15, -0.1) is 0 Å². The first kappa shape index (κ1) is 23.4. The second-order valence-electron chi connectivity index (χ2n) is 7.42. The van der Waals surface area contributed by atoms with Crippen LogP contribution in [0.4, 0.5) is 0 Å². The fourth-order valence-corrected chi connectivity index (χ4v) is 4.48. The fourth-order valence-electron chi connectivity index (χ4n) is 3.20. The lowest BCUT2D eigenvalue weighted by Gasteiger charge is -2.08. The van der Waals surface area contributed by atoms with E-state index in [-0.39, 0.29) is 15.6 Å². The van der Waals surface area contributed by atoms with Crippen LogP contribution in [0.2, 0.25) is 0 Å². The van der Waals surface area contributed by atoms with Crippen molar-refractivity contribution in [2.45, 2.75) is 48.8 Å². The van der Waals surface area contributed by atoms with Crippen LogP contribution in [-0.4, -0.2) is 19.9 Å². The molecule has 0 bridgehead atoms. The minimum absolute atomic E-state index is 0.141. The molecule has 3 aromatic rings. The quantitative estimate of drug-likeness (QED) is 0.153. The molecule has 5 nitrogen and oxygen atoms in total. The summed E-state index contributed by atoms with van der Waals surface area (Å²) in [5.74, 6) is 0.289. The average Bonchev–Trinajstić information content (AvgIpc) is 2.84. The van der Waals surface area contributed by atoms with E-state index in [0.717, 1.165) is 25.7 Å². The van der Waals surface area contributed by atoms with Crippen LogP contribution in [0.3, 0.4) is 0 Å². The van der Waals surface area contributed by atoms with Gasteiger partial charge in [0.2, 0.25) is 15.6 Å². The Hall–Kier alpha value is -3.25. The third-order valence-corrected chi connectivity index (χ3v) is 6.80. The van der Waals surface area contributed by atoms with Crippen molar-refractivity contribution in [3.05, 3.63) is 90.5 Å². The molecule has 0 saturated carbocycles. The molecule has 0 heterocycles. The van der Waals surface area contributed by atoms with Gasteiger partial charge in [-0.3, -0.25) is 4.79 Å². The van der Waals surface area contributed by atoms with Gasteiger partial charge in [-0.2, -0.15) is 0 Å². The average molecular weight is 450 g/mol. The van der Waals surface area contributed by atoms with E-state index in [1.54, 1.807) is 42.5 Å². The van der Waals surface area contributed by atoms with E-state index in [1.807, 2.05) is 18.2 Å². The van der Waals surface area contributed by atoms with Gasteiger partial charge in [-0.1, -0.05) is 67.7 Å². The number of nitrogens with zero attached hydrogens (tertiary/aromatic N) is 1. The van der Waals surface area contributed by atoms with Crippen molar-refractivity contribution in [2.24, 2.45) is 5.16 Å². The maximum atomic E-state index is 13.1. The molecule has 0 aromatic heterocycles. The van der Waals surface area contributed by atoms with Gasteiger partial charge in [0.1, 0.15) is 5.71 Å². The van der Waals surface area contributed by atoms with E-state index in [0.29, 0.717) is 23.4 Å². The number of hydrogen-bond acceptors (Lipinski definition) is 5. The summed E-state index contributed by atoms with van der Waals surface area (Å²) >= 11 is 0. The summed E-state index contributed by atoms with van der Waals surface area (Å²) in [6.07, 6.45) is 4.51. The smallest absolute Gasteiger partial charge is 0.210 e. The summed E-state index contributed by atoms with van der Waals surface area (Å²) in [6.45, 7) is 2.13. The van der Waals surface area contributed by atoms with Gasteiger partial charge in [0.15, 0.2) is 5.75 Å². The first-order valence-electron chi connectivity index (χ1n) is 10.8. The number of unbranched alkanes of at least 4 members (excludes halogenated alkanes) is 3. The predicted molar refractivity (Wildman–Crippen MR) is 126 cm³/mol. The Morgan fingerprint density at radius 2 is 1.38 bits per heavy atom. The van der Waals surface area contributed by atoms with Crippen molar-refractivity contribution in [1.29, 1.82) is 0 Å². The van der Waals surface area contributed by atoms with E-state index >= 15 is 0 Å². The summed E-state index contributed by atoms with van der Waals surface area (Å²) in [5, 5.41) is 4.14. The van der Waals surface area contributed by atoms with E-state index in [2.05, 4.69) is 12.1 Å². The zero-order valence-electron chi connectivity index (χ0n) is 18.1. The third-order valence-electron chi connectivity index (χ3n) is 5.01. The van der Waals surface area contributed by atoms with E-state index in [4.69, 9.17) is 4.84 Å². The van der Waals surface area contributed by atoms with E-state index < -0.39 is 9.84 Å². The Bertz CT molecular complexity index is 1140. The Balaban J connectivity index is 1.80. The van der Waals surface area contributed by atoms with Crippen LogP contribution in [0.5, 0.6) is 5.75 Å². The lowest BCUT2D eigenvalue weighted by atomic mass is 10.0. The number of benzene rings is 3. The van der Waals surface area contributed by atoms with Gasteiger partial charge in [-0.05, 0) is 61.4 Å². The van der Waals surface area contributed by atoms with Gasteiger partial charge in [0, 0.05) is 5.56 Å². The van der Waals surface area contributed by atoms with Gasteiger partial charge in [0.05, 0.1) is 9.79 Å². The highest BCUT2D eigenvalue weighted by molar-refractivity contribution is 7.91. The molecule has 32 heavy (non-hydrogen) atoms. The van der Waals surface area contributed by atoms with Gasteiger partial charge >= 0.3 is 0 Å². The highest BCUT2D eigenvalue weighted by Crippen LogP contribution is 2.21. The summed E-state index contributed by atoms with van der Waals surface area (Å²) in [6, 6.07) is 23.3. The molecule has 0 aliphatic heterocycles. The molecule has 3 aromatic carbocycles. The fraction of sp³-hybridized carbons (Fsp3) is 0.231. The Labute approximate surface area is 189 Å². The normalized spacial score (nSPS) is 11.8. The van der Waals surface area contributed by atoms with E-state index in [1.165, 1.54) is 24.3 Å². The number of rotatable bonds is 11. The molecule has 0 aliphatic rings. The molecule has 0 unspecified atom stereocenters. The molecule has 0 N–H and O–H groups in total. The number of oxime groups is 1. The number of hydrogen-bond donors (Lipinski definition) is 0. The number of sulfone groups is 1. The molecule has 0 amide bonds. The number of carbonyl (C=O) groups is 1. The minimum atomic E-state index is -3.63. The van der Waals surface area contributed by atoms with Crippen molar-refractivity contribution in [2.75, 3.05) is 0 Å². The van der Waals surface area contributed by atoms with Crippen molar-refractivity contribution < 1.29 is 18.0 Å². The number of para-hydroxylation sites is 1. The highest BCUT2D eigenvalue weighted by atomic mass is 32.2. The molecule has 0 atom stereocenters. The summed E-state index contributed by atoms with van der Waals surface area (Å²) in [7, 11) is -3.63. The van der Waals surface area contributed by atoms with Crippen molar-refractivity contribution >= 4 is 21.3 Å². The standard InChI is InChI=1S/C26H27NO4S/c1-2-3-4-11-16-25(27-31-22-12-7-5-8-13-22)26(28)21-17-19-24(20-18-21)32(29,30)23-14-9-6-10-15-23/h5-10,12-15,17-20H,2-4,11,16H2,1H3. The molecule has 166 valence electrons. The van der Waals surface area contributed by atoms with Crippen molar-refractivity contribution in [3.8, 4) is 5.75 Å².